The number of nitrogens with one attached hydrogen (secondary N) is 1. The van der Waals surface area contributed by atoms with Crippen molar-refractivity contribution in [3.05, 3.63) is 77.7 Å². The summed E-state index contributed by atoms with van der Waals surface area (Å²) in [4.78, 5) is 29.1. The number of primary amides is 1. The van der Waals surface area contributed by atoms with Crippen molar-refractivity contribution >= 4 is 11.8 Å². The van der Waals surface area contributed by atoms with Gasteiger partial charge in [0.05, 0.1) is 12.3 Å². The number of carbonyl (C=O) groups is 2. The van der Waals surface area contributed by atoms with E-state index in [9.17, 15) is 24.2 Å². The molecule has 1 heterocycles. The Labute approximate surface area is 202 Å². The van der Waals surface area contributed by atoms with Crippen LogP contribution in [0.1, 0.15) is 42.4 Å². The van der Waals surface area contributed by atoms with Gasteiger partial charge in [0.25, 0.3) is 5.91 Å². The third kappa shape index (κ3) is 7.08. The standard InChI is InChI=1S/C26H28FN3O5/c1-15(2)11-22(25(28)33)30-26(34)23-13-17(24(32)14-31)12-21(29-23)16-3-7-19(8-4-16)35-20-9-5-18(27)6-10-20/h3-10,12-13,15,22,24,31-32H,11,14H2,1-2H3,(H2,28,33)(H,30,34)/t22?,24-/m1/s1. The summed E-state index contributed by atoms with van der Waals surface area (Å²) in [5.74, 6) is -0.559. The molecule has 0 saturated carbocycles. The molecule has 0 bridgehead atoms. The van der Waals surface area contributed by atoms with Gasteiger partial charge in [-0.25, -0.2) is 9.37 Å². The maximum atomic E-state index is 13.1. The Hall–Kier alpha value is -3.82. The van der Waals surface area contributed by atoms with E-state index in [-0.39, 0.29) is 23.0 Å². The van der Waals surface area contributed by atoms with Crippen LogP contribution in [-0.4, -0.2) is 39.7 Å². The number of rotatable bonds is 10. The van der Waals surface area contributed by atoms with Gasteiger partial charge in [0, 0.05) is 5.56 Å². The number of ether oxygens (including phenoxy) is 1. The molecule has 2 atom stereocenters. The predicted molar refractivity (Wildman–Crippen MR) is 128 cm³/mol. The summed E-state index contributed by atoms with van der Waals surface area (Å²) in [6.07, 6.45) is -0.866. The summed E-state index contributed by atoms with van der Waals surface area (Å²) >= 11 is 0. The molecule has 5 N–H and O–H groups in total. The highest BCUT2D eigenvalue weighted by Gasteiger charge is 2.22. The van der Waals surface area contributed by atoms with Crippen molar-refractivity contribution in [3.63, 3.8) is 0 Å². The van der Waals surface area contributed by atoms with Crippen LogP contribution in [0.3, 0.4) is 0 Å². The summed E-state index contributed by atoms with van der Waals surface area (Å²) < 4.78 is 18.8. The van der Waals surface area contributed by atoms with E-state index in [1.54, 1.807) is 30.3 Å². The molecule has 0 spiro atoms. The van der Waals surface area contributed by atoms with Gasteiger partial charge in [-0.15, -0.1) is 0 Å². The highest BCUT2D eigenvalue weighted by molar-refractivity contribution is 5.96. The fourth-order valence-electron chi connectivity index (χ4n) is 3.40. The van der Waals surface area contributed by atoms with E-state index in [1.807, 2.05) is 13.8 Å². The first kappa shape index (κ1) is 25.8. The molecule has 0 radical (unpaired) electrons. The van der Waals surface area contributed by atoms with Crippen LogP contribution in [-0.2, 0) is 4.79 Å². The van der Waals surface area contributed by atoms with Gasteiger partial charge < -0.3 is 26.0 Å². The smallest absolute Gasteiger partial charge is 0.270 e. The molecule has 184 valence electrons. The number of aliphatic hydroxyl groups excluding tert-OH is 2. The SMILES string of the molecule is CC(C)CC(NC(=O)c1cc([C@H](O)CO)cc(-c2ccc(Oc3ccc(F)cc3)cc2)n1)C(N)=O. The zero-order valence-electron chi connectivity index (χ0n) is 19.4. The number of hydrogen-bond donors (Lipinski definition) is 4. The first-order chi connectivity index (χ1) is 16.7. The third-order valence-electron chi connectivity index (χ3n) is 5.19. The Bertz CT molecular complexity index is 1170. The largest absolute Gasteiger partial charge is 0.457 e. The summed E-state index contributed by atoms with van der Waals surface area (Å²) in [6, 6.07) is 14.4. The van der Waals surface area contributed by atoms with Crippen LogP contribution in [0.5, 0.6) is 11.5 Å². The van der Waals surface area contributed by atoms with Gasteiger partial charge in [-0.05, 0) is 78.6 Å². The number of pyridine rings is 1. The molecule has 2 amide bonds. The van der Waals surface area contributed by atoms with Crippen LogP contribution < -0.4 is 15.8 Å². The van der Waals surface area contributed by atoms with E-state index in [0.717, 1.165) is 0 Å². The normalized spacial score (nSPS) is 12.7. The van der Waals surface area contributed by atoms with Crippen molar-refractivity contribution in [2.45, 2.75) is 32.4 Å². The van der Waals surface area contributed by atoms with Crippen molar-refractivity contribution in [1.82, 2.24) is 10.3 Å². The molecule has 1 aromatic heterocycles. The summed E-state index contributed by atoms with van der Waals surface area (Å²) in [7, 11) is 0. The van der Waals surface area contributed by atoms with Gasteiger partial charge in [-0.2, -0.15) is 0 Å². The number of nitrogens with zero attached hydrogens (tertiary/aromatic N) is 1. The lowest BCUT2D eigenvalue weighted by molar-refractivity contribution is -0.120. The van der Waals surface area contributed by atoms with Gasteiger partial charge in [0.2, 0.25) is 5.91 Å². The number of amides is 2. The summed E-state index contributed by atoms with van der Waals surface area (Å²) in [5, 5.41) is 22.2. The van der Waals surface area contributed by atoms with E-state index in [2.05, 4.69) is 10.3 Å². The lowest BCUT2D eigenvalue weighted by Gasteiger charge is -2.18. The molecular weight excluding hydrogens is 453 g/mol. The first-order valence-electron chi connectivity index (χ1n) is 11.1. The number of halogens is 1. The Morgan fingerprint density at radius 2 is 1.66 bits per heavy atom. The minimum Gasteiger partial charge on any atom is -0.457 e. The lowest BCUT2D eigenvalue weighted by atomic mass is 10.0. The second-order valence-electron chi connectivity index (χ2n) is 8.51. The zero-order valence-corrected chi connectivity index (χ0v) is 19.4. The molecular formula is C26H28FN3O5. The number of benzene rings is 2. The van der Waals surface area contributed by atoms with Crippen molar-refractivity contribution in [1.29, 1.82) is 0 Å². The Balaban J connectivity index is 1.88. The van der Waals surface area contributed by atoms with Crippen LogP contribution >= 0.6 is 0 Å². The summed E-state index contributed by atoms with van der Waals surface area (Å²) in [5.41, 5.74) is 6.67. The minimum absolute atomic E-state index is 0.0355. The molecule has 0 fully saturated rings. The molecule has 9 heteroatoms. The van der Waals surface area contributed by atoms with Gasteiger partial charge in [0.15, 0.2) is 0 Å². The van der Waals surface area contributed by atoms with Crippen LogP contribution in [0.4, 0.5) is 4.39 Å². The lowest BCUT2D eigenvalue weighted by Crippen LogP contribution is -2.45. The average Bonchev–Trinajstić information content (AvgIpc) is 2.84. The molecule has 1 unspecified atom stereocenters. The van der Waals surface area contributed by atoms with E-state index in [4.69, 9.17) is 10.5 Å². The topological polar surface area (TPSA) is 135 Å². The Morgan fingerprint density at radius 1 is 1.06 bits per heavy atom. The number of aromatic nitrogens is 1. The second-order valence-corrected chi connectivity index (χ2v) is 8.51. The Morgan fingerprint density at radius 3 is 2.20 bits per heavy atom. The maximum absolute atomic E-state index is 13.1. The van der Waals surface area contributed by atoms with Gasteiger partial charge in [-0.3, -0.25) is 9.59 Å². The highest BCUT2D eigenvalue weighted by atomic mass is 19.1. The van der Waals surface area contributed by atoms with Gasteiger partial charge in [0.1, 0.15) is 35.2 Å². The quantitative estimate of drug-likeness (QED) is 0.351. The fourth-order valence-corrected chi connectivity index (χ4v) is 3.40. The molecule has 3 aromatic rings. The highest BCUT2D eigenvalue weighted by Crippen LogP contribution is 2.27. The Kier molecular flexibility index (Phi) is 8.51. The number of carbonyl (C=O) groups excluding carboxylic acids is 2. The molecule has 0 aliphatic rings. The van der Waals surface area contributed by atoms with Crippen LogP contribution in [0, 0.1) is 11.7 Å². The predicted octanol–water partition coefficient (Wildman–Crippen LogP) is 3.34. The molecule has 2 aromatic carbocycles. The average molecular weight is 482 g/mol. The van der Waals surface area contributed by atoms with Gasteiger partial charge in [-0.1, -0.05) is 13.8 Å². The maximum Gasteiger partial charge on any atom is 0.270 e. The van der Waals surface area contributed by atoms with Crippen molar-refractivity contribution in [2.24, 2.45) is 11.7 Å². The first-order valence-corrected chi connectivity index (χ1v) is 11.1. The third-order valence-corrected chi connectivity index (χ3v) is 5.19. The number of nitrogens with two attached hydrogens (primary N) is 1. The molecule has 0 aliphatic heterocycles. The molecule has 0 aliphatic carbocycles. The van der Waals surface area contributed by atoms with E-state index < -0.39 is 30.6 Å². The fraction of sp³-hybridized carbons (Fsp3) is 0.269. The van der Waals surface area contributed by atoms with Crippen molar-refractivity contribution < 1.29 is 28.9 Å². The minimum atomic E-state index is -1.23. The van der Waals surface area contributed by atoms with E-state index in [0.29, 0.717) is 29.2 Å². The molecule has 8 nitrogen and oxygen atoms in total. The second kappa shape index (κ2) is 11.5. The number of aliphatic hydroxyl groups is 2. The van der Waals surface area contributed by atoms with Crippen molar-refractivity contribution in [3.8, 4) is 22.8 Å². The van der Waals surface area contributed by atoms with Crippen LogP contribution in [0.25, 0.3) is 11.3 Å². The van der Waals surface area contributed by atoms with Gasteiger partial charge >= 0.3 is 0 Å². The molecule has 0 saturated heterocycles. The zero-order chi connectivity index (χ0) is 25.5. The number of hydrogen-bond acceptors (Lipinski definition) is 6. The van der Waals surface area contributed by atoms with Crippen LogP contribution in [0.15, 0.2) is 60.7 Å². The van der Waals surface area contributed by atoms with Crippen molar-refractivity contribution in [2.75, 3.05) is 6.61 Å². The van der Waals surface area contributed by atoms with E-state index in [1.165, 1.54) is 30.3 Å². The van der Waals surface area contributed by atoms with E-state index >= 15 is 0 Å². The monoisotopic (exact) mass is 481 g/mol. The van der Waals surface area contributed by atoms with Crippen LogP contribution in [0.2, 0.25) is 0 Å². The molecule has 3 rings (SSSR count). The summed E-state index contributed by atoms with van der Waals surface area (Å²) in [6.45, 7) is 3.26. The molecule has 35 heavy (non-hydrogen) atoms.